The first-order valence-electron chi connectivity index (χ1n) is 9.09. The predicted octanol–water partition coefficient (Wildman–Crippen LogP) is 3.45. The first-order chi connectivity index (χ1) is 13.0. The van der Waals surface area contributed by atoms with Crippen LogP contribution >= 0.6 is 11.8 Å². The van der Waals surface area contributed by atoms with Crippen molar-refractivity contribution >= 4 is 29.3 Å². The van der Waals surface area contributed by atoms with E-state index >= 15 is 0 Å². The summed E-state index contributed by atoms with van der Waals surface area (Å²) in [6.07, 6.45) is 0. The number of benzene rings is 2. The lowest BCUT2D eigenvalue weighted by atomic mass is 10.2. The summed E-state index contributed by atoms with van der Waals surface area (Å²) in [6, 6.07) is 15.2. The average molecular weight is 386 g/mol. The summed E-state index contributed by atoms with van der Waals surface area (Å²) in [4.78, 5) is 25.5. The van der Waals surface area contributed by atoms with Crippen LogP contribution < -0.4 is 16.0 Å². The fraction of sp³-hybridized carbons (Fsp3) is 0.333. The summed E-state index contributed by atoms with van der Waals surface area (Å²) in [5.74, 6) is 0.0213. The molecule has 0 aromatic heterocycles. The molecule has 6 heteroatoms. The van der Waals surface area contributed by atoms with Crippen LogP contribution in [-0.2, 0) is 4.79 Å². The van der Waals surface area contributed by atoms with E-state index in [9.17, 15) is 9.59 Å². The maximum atomic E-state index is 12.5. The van der Waals surface area contributed by atoms with Crippen molar-refractivity contribution in [3.63, 3.8) is 0 Å². The van der Waals surface area contributed by atoms with E-state index in [0.717, 1.165) is 22.7 Å². The molecule has 2 aromatic carbocycles. The second-order valence-electron chi connectivity index (χ2n) is 6.37. The number of hydrogen-bond acceptors (Lipinski definition) is 4. The normalized spacial score (nSPS) is 11.7. The van der Waals surface area contributed by atoms with E-state index in [2.05, 4.69) is 16.0 Å². The highest BCUT2D eigenvalue weighted by Crippen LogP contribution is 2.23. The van der Waals surface area contributed by atoms with Crippen LogP contribution in [0.1, 0.15) is 29.8 Å². The number of anilines is 1. The fourth-order valence-electron chi connectivity index (χ4n) is 2.52. The molecule has 0 aliphatic rings. The van der Waals surface area contributed by atoms with Crippen LogP contribution in [0.2, 0.25) is 0 Å². The van der Waals surface area contributed by atoms with E-state index in [0.29, 0.717) is 12.1 Å². The molecular formula is C21H27N3O2S. The highest BCUT2D eigenvalue weighted by Gasteiger charge is 2.13. The molecule has 2 aromatic rings. The lowest BCUT2D eigenvalue weighted by Gasteiger charge is -2.14. The van der Waals surface area contributed by atoms with Crippen LogP contribution in [0.5, 0.6) is 0 Å². The third kappa shape index (κ3) is 7.07. The zero-order chi connectivity index (χ0) is 19.6. The minimum absolute atomic E-state index is 0.0974. The van der Waals surface area contributed by atoms with Gasteiger partial charge in [0.05, 0.1) is 11.3 Å². The van der Waals surface area contributed by atoms with Crippen molar-refractivity contribution in [2.45, 2.75) is 31.7 Å². The van der Waals surface area contributed by atoms with E-state index in [1.807, 2.05) is 63.2 Å². The summed E-state index contributed by atoms with van der Waals surface area (Å²) >= 11 is 1.36. The van der Waals surface area contributed by atoms with Crippen molar-refractivity contribution < 1.29 is 9.59 Å². The zero-order valence-corrected chi connectivity index (χ0v) is 16.9. The maximum absolute atomic E-state index is 12.5. The van der Waals surface area contributed by atoms with Gasteiger partial charge in [-0.15, -0.1) is 11.8 Å². The summed E-state index contributed by atoms with van der Waals surface area (Å²) in [6.45, 7) is 7.48. The topological polar surface area (TPSA) is 70.2 Å². The van der Waals surface area contributed by atoms with E-state index in [1.54, 1.807) is 6.07 Å². The summed E-state index contributed by atoms with van der Waals surface area (Å²) < 4.78 is 0. The molecule has 0 fully saturated rings. The largest absolute Gasteiger partial charge is 0.350 e. The lowest BCUT2D eigenvalue weighted by molar-refractivity contribution is -0.113. The summed E-state index contributed by atoms with van der Waals surface area (Å²) in [7, 11) is 0. The smallest absolute Gasteiger partial charge is 0.252 e. The number of amides is 2. The molecule has 0 radical (unpaired) electrons. The first kappa shape index (κ1) is 21.0. The Morgan fingerprint density at radius 3 is 2.48 bits per heavy atom. The van der Waals surface area contributed by atoms with Gasteiger partial charge in [0.25, 0.3) is 5.91 Å². The van der Waals surface area contributed by atoms with Gasteiger partial charge < -0.3 is 16.0 Å². The molecule has 5 nitrogen and oxygen atoms in total. The molecule has 0 spiro atoms. The predicted molar refractivity (Wildman–Crippen MR) is 112 cm³/mol. The highest BCUT2D eigenvalue weighted by atomic mass is 32.2. The molecule has 2 amide bonds. The van der Waals surface area contributed by atoms with Crippen LogP contribution in [0, 0.1) is 6.92 Å². The van der Waals surface area contributed by atoms with Gasteiger partial charge in [-0.3, -0.25) is 9.59 Å². The molecule has 0 saturated carbocycles. The van der Waals surface area contributed by atoms with Crippen molar-refractivity contribution in [2.75, 3.05) is 24.2 Å². The molecule has 0 saturated heterocycles. The van der Waals surface area contributed by atoms with Crippen LogP contribution in [0.4, 0.5) is 5.69 Å². The second-order valence-corrected chi connectivity index (χ2v) is 7.38. The quantitative estimate of drug-likeness (QED) is 0.578. The van der Waals surface area contributed by atoms with Crippen molar-refractivity contribution in [3.05, 3.63) is 59.7 Å². The van der Waals surface area contributed by atoms with E-state index in [-0.39, 0.29) is 23.6 Å². The second kappa shape index (κ2) is 10.7. The Hall–Kier alpha value is -2.31. The van der Waals surface area contributed by atoms with E-state index in [4.69, 9.17) is 0 Å². The minimum atomic E-state index is -0.123. The van der Waals surface area contributed by atoms with Crippen LogP contribution in [0.15, 0.2) is 53.4 Å². The number of hydrogen-bond donors (Lipinski definition) is 3. The Bertz CT molecular complexity index is 762. The molecule has 27 heavy (non-hydrogen) atoms. The van der Waals surface area contributed by atoms with Crippen molar-refractivity contribution in [2.24, 2.45) is 0 Å². The third-order valence-corrected chi connectivity index (χ3v) is 5.02. The summed E-state index contributed by atoms with van der Waals surface area (Å²) in [5, 5.41) is 9.08. The Kier molecular flexibility index (Phi) is 8.36. The van der Waals surface area contributed by atoms with Gasteiger partial charge in [-0.1, -0.05) is 36.8 Å². The van der Waals surface area contributed by atoms with Gasteiger partial charge in [-0.05, 0) is 44.7 Å². The van der Waals surface area contributed by atoms with Crippen LogP contribution in [0.3, 0.4) is 0 Å². The van der Waals surface area contributed by atoms with Gasteiger partial charge in [-0.2, -0.15) is 0 Å². The SMILES string of the molecule is CCN[C@H](C)CNC(=O)c1ccccc1SCC(=O)Nc1ccc(C)cc1. The van der Waals surface area contributed by atoms with Crippen LogP contribution in [-0.4, -0.2) is 36.7 Å². The number of carbonyl (C=O) groups is 2. The van der Waals surface area contributed by atoms with Gasteiger partial charge in [0.15, 0.2) is 0 Å². The Morgan fingerprint density at radius 1 is 1.07 bits per heavy atom. The highest BCUT2D eigenvalue weighted by molar-refractivity contribution is 8.00. The van der Waals surface area contributed by atoms with Gasteiger partial charge in [0.2, 0.25) is 5.91 Å². The molecular weight excluding hydrogens is 358 g/mol. The van der Waals surface area contributed by atoms with E-state index < -0.39 is 0 Å². The molecule has 0 heterocycles. The van der Waals surface area contributed by atoms with Gasteiger partial charge in [0, 0.05) is 23.2 Å². The molecule has 144 valence electrons. The molecule has 0 bridgehead atoms. The Labute approximate surface area is 165 Å². The number of likely N-dealkylation sites (N-methyl/N-ethyl adjacent to an activating group) is 1. The number of thioether (sulfide) groups is 1. The Morgan fingerprint density at radius 2 is 1.78 bits per heavy atom. The monoisotopic (exact) mass is 385 g/mol. The van der Waals surface area contributed by atoms with Gasteiger partial charge >= 0.3 is 0 Å². The van der Waals surface area contributed by atoms with Crippen molar-refractivity contribution in [1.29, 1.82) is 0 Å². The fourth-order valence-corrected chi connectivity index (χ4v) is 3.37. The zero-order valence-electron chi connectivity index (χ0n) is 16.0. The first-order valence-corrected chi connectivity index (χ1v) is 10.1. The summed E-state index contributed by atoms with van der Waals surface area (Å²) in [5.41, 5.74) is 2.51. The molecule has 3 N–H and O–H groups in total. The number of aryl methyl sites for hydroxylation is 1. The molecule has 1 atom stereocenters. The lowest BCUT2D eigenvalue weighted by Crippen LogP contribution is -2.38. The Balaban J connectivity index is 1.91. The third-order valence-electron chi connectivity index (χ3n) is 3.95. The number of rotatable bonds is 9. The molecule has 0 unspecified atom stereocenters. The molecule has 0 aliphatic carbocycles. The standard InChI is InChI=1S/C21H27N3O2S/c1-4-22-16(3)13-23-21(26)18-7-5-6-8-19(18)27-14-20(25)24-17-11-9-15(2)10-12-17/h5-12,16,22H,4,13-14H2,1-3H3,(H,23,26)(H,24,25)/t16-/m1/s1. The minimum Gasteiger partial charge on any atom is -0.350 e. The molecule has 0 aliphatic heterocycles. The molecule has 2 rings (SSSR count). The van der Waals surface area contributed by atoms with Crippen molar-refractivity contribution in [1.82, 2.24) is 10.6 Å². The average Bonchev–Trinajstić information content (AvgIpc) is 2.67. The van der Waals surface area contributed by atoms with Gasteiger partial charge in [0.1, 0.15) is 0 Å². The van der Waals surface area contributed by atoms with Crippen LogP contribution in [0.25, 0.3) is 0 Å². The maximum Gasteiger partial charge on any atom is 0.252 e. The van der Waals surface area contributed by atoms with Crippen molar-refractivity contribution in [3.8, 4) is 0 Å². The van der Waals surface area contributed by atoms with E-state index in [1.165, 1.54) is 11.8 Å². The number of nitrogens with one attached hydrogen (secondary N) is 3. The van der Waals surface area contributed by atoms with Gasteiger partial charge in [-0.25, -0.2) is 0 Å². The number of carbonyl (C=O) groups excluding carboxylic acids is 2.